The fourth-order valence-electron chi connectivity index (χ4n) is 2.17. The lowest BCUT2D eigenvalue weighted by atomic mass is 10.1. The van der Waals surface area contributed by atoms with Crippen LogP contribution in [0.1, 0.15) is 30.4 Å². The average molecular weight is 248 g/mol. The van der Waals surface area contributed by atoms with Crippen molar-refractivity contribution in [3.63, 3.8) is 0 Å². The fourth-order valence-corrected chi connectivity index (χ4v) is 2.17. The van der Waals surface area contributed by atoms with Crippen LogP contribution in [0, 0.1) is 0 Å². The van der Waals surface area contributed by atoms with Crippen LogP contribution in [0.25, 0.3) is 0 Å². The van der Waals surface area contributed by atoms with Gasteiger partial charge in [0.05, 0.1) is 6.61 Å². The first-order valence-electron chi connectivity index (χ1n) is 6.46. The minimum Gasteiger partial charge on any atom is -0.392 e. The van der Waals surface area contributed by atoms with Crippen molar-refractivity contribution in [1.29, 1.82) is 0 Å². The van der Waals surface area contributed by atoms with Crippen molar-refractivity contribution in [3.8, 4) is 0 Å². The van der Waals surface area contributed by atoms with Crippen molar-refractivity contribution in [2.45, 2.75) is 38.5 Å². The zero-order valence-electron chi connectivity index (χ0n) is 10.5. The van der Waals surface area contributed by atoms with Crippen molar-refractivity contribution < 1.29 is 9.90 Å². The molecule has 0 aliphatic carbocycles. The lowest BCUT2D eigenvalue weighted by Crippen LogP contribution is -2.32. The highest BCUT2D eigenvalue weighted by Crippen LogP contribution is 2.09. The highest BCUT2D eigenvalue weighted by atomic mass is 16.3. The van der Waals surface area contributed by atoms with Crippen LogP contribution < -0.4 is 10.6 Å². The van der Waals surface area contributed by atoms with Crippen LogP contribution in [0.3, 0.4) is 0 Å². The Kier molecular flexibility index (Phi) is 4.73. The second-order valence-corrected chi connectivity index (χ2v) is 4.75. The van der Waals surface area contributed by atoms with Gasteiger partial charge in [0.2, 0.25) is 5.91 Å². The van der Waals surface area contributed by atoms with Gasteiger partial charge in [0.25, 0.3) is 0 Å². The zero-order valence-corrected chi connectivity index (χ0v) is 10.5. The van der Waals surface area contributed by atoms with Crippen LogP contribution in [-0.2, 0) is 17.9 Å². The van der Waals surface area contributed by atoms with Crippen molar-refractivity contribution in [1.82, 2.24) is 10.6 Å². The van der Waals surface area contributed by atoms with E-state index < -0.39 is 0 Å². The number of benzene rings is 1. The van der Waals surface area contributed by atoms with E-state index in [0.717, 1.165) is 31.5 Å². The van der Waals surface area contributed by atoms with E-state index in [1.54, 1.807) is 0 Å². The monoisotopic (exact) mass is 248 g/mol. The van der Waals surface area contributed by atoms with E-state index >= 15 is 0 Å². The van der Waals surface area contributed by atoms with Gasteiger partial charge >= 0.3 is 0 Å². The molecular weight excluding hydrogens is 228 g/mol. The molecule has 1 atom stereocenters. The van der Waals surface area contributed by atoms with Gasteiger partial charge in [-0.3, -0.25) is 4.79 Å². The molecule has 1 aliphatic heterocycles. The number of hydrogen-bond donors (Lipinski definition) is 3. The minimum absolute atomic E-state index is 0.0799. The molecule has 1 aromatic rings. The van der Waals surface area contributed by atoms with E-state index in [4.69, 9.17) is 5.11 Å². The number of nitrogens with one attached hydrogen (secondary N) is 2. The molecule has 4 heteroatoms. The van der Waals surface area contributed by atoms with E-state index in [0.29, 0.717) is 6.42 Å². The van der Waals surface area contributed by atoms with E-state index in [-0.39, 0.29) is 18.6 Å². The van der Waals surface area contributed by atoms with Crippen LogP contribution in [0.2, 0.25) is 0 Å². The summed E-state index contributed by atoms with van der Waals surface area (Å²) in [6.07, 6.45) is 2.63. The molecule has 0 bridgehead atoms. The Morgan fingerprint density at radius 2 is 2.00 bits per heavy atom. The quantitative estimate of drug-likeness (QED) is 0.743. The third-order valence-electron chi connectivity index (χ3n) is 3.28. The van der Waals surface area contributed by atoms with Gasteiger partial charge in [-0.05, 0) is 24.0 Å². The average Bonchev–Trinajstić information content (AvgIpc) is 2.61. The standard InChI is InChI=1S/C14H20N2O2/c17-10-12-5-3-11(4-6-12)9-16-13-2-1-7-15-14(18)8-13/h3-6,13,16-17H,1-2,7-10H2,(H,15,18). The molecule has 0 saturated carbocycles. The Bertz CT molecular complexity index is 389. The van der Waals surface area contributed by atoms with Crippen molar-refractivity contribution >= 4 is 5.91 Å². The van der Waals surface area contributed by atoms with E-state index in [2.05, 4.69) is 10.6 Å². The second kappa shape index (κ2) is 6.52. The molecule has 1 saturated heterocycles. The SMILES string of the molecule is O=C1CC(NCc2ccc(CO)cc2)CCCN1. The van der Waals surface area contributed by atoms with Crippen LogP contribution in [0.4, 0.5) is 0 Å². The first-order valence-corrected chi connectivity index (χ1v) is 6.46. The lowest BCUT2D eigenvalue weighted by Gasteiger charge is -2.15. The van der Waals surface area contributed by atoms with E-state index in [1.807, 2.05) is 24.3 Å². The summed E-state index contributed by atoms with van der Waals surface area (Å²) in [4.78, 5) is 11.4. The van der Waals surface area contributed by atoms with Crippen LogP contribution in [0.15, 0.2) is 24.3 Å². The maximum absolute atomic E-state index is 11.4. The summed E-state index contributed by atoms with van der Waals surface area (Å²) in [7, 11) is 0. The summed E-state index contributed by atoms with van der Waals surface area (Å²) < 4.78 is 0. The molecule has 98 valence electrons. The molecule has 1 unspecified atom stereocenters. The second-order valence-electron chi connectivity index (χ2n) is 4.75. The molecule has 2 rings (SSSR count). The largest absolute Gasteiger partial charge is 0.392 e. The third-order valence-corrected chi connectivity index (χ3v) is 3.28. The number of amides is 1. The summed E-state index contributed by atoms with van der Waals surface area (Å²) in [5, 5.41) is 15.3. The van der Waals surface area contributed by atoms with Gasteiger partial charge in [0.1, 0.15) is 0 Å². The molecule has 0 radical (unpaired) electrons. The maximum Gasteiger partial charge on any atom is 0.221 e. The lowest BCUT2D eigenvalue weighted by molar-refractivity contribution is -0.121. The normalized spacial score (nSPS) is 20.3. The Morgan fingerprint density at radius 1 is 1.28 bits per heavy atom. The Hall–Kier alpha value is -1.39. The number of carbonyl (C=O) groups excluding carboxylic acids is 1. The van der Waals surface area contributed by atoms with Crippen molar-refractivity contribution in [2.75, 3.05) is 6.54 Å². The molecule has 4 nitrogen and oxygen atoms in total. The summed E-state index contributed by atoms with van der Waals surface area (Å²) in [5.41, 5.74) is 2.10. The first-order chi connectivity index (χ1) is 8.78. The van der Waals surface area contributed by atoms with Gasteiger partial charge < -0.3 is 15.7 Å². The highest BCUT2D eigenvalue weighted by Gasteiger charge is 2.16. The Morgan fingerprint density at radius 3 is 2.72 bits per heavy atom. The van der Waals surface area contributed by atoms with Gasteiger partial charge in [0, 0.05) is 25.6 Å². The molecule has 1 heterocycles. The molecule has 3 N–H and O–H groups in total. The summed E-state index contributed by atoms with van der Waals surface area (Å²) in [6, 6.07) is 8.14. The minimum atomic E-state index is 0.0799. The molecule has 1 amide bonds. The Balaban J connectivity index is 1.84. The highest BCUT2D eigenvalue weighted by molar-refractivity contribution is 5.76. The maximum atomic E-state index is 11.4. The van der Waals surface area contributed by atoms with Crippen LogP contribution in [0.5, 0.6) is 0 Å². The predicted octanol–water partition coefficient (Wildman–Crippen LogP) is 0.937. The van der Waals surface area contributed by atoms with Gasteiger partial charge in [-0.25, -0.2) is 0 Å². The molecule has 1 fully saturated rings. The predicted molar refractivity (Wildman–Crippen MR) is 69.9 cm³/mol. The van der Waals surface area contributed by atoms with Crippen LogP contribution in [-0.4, -0.2) is 23.6 Å². The number of hydrogen-bond acceptors (Lipinski definition) is 3. The van der Waals surface area contributed by atoms with Gasteiger partial charge in [-0.1, -0.05) is 24.3 Å². The number of aliphatic hydroxyl groups excluding tert-OH is 1. The molecule has 0 aromatic heterocycles. The topological polar surface area (TPSA) is 61.4 Å². The summed E-state index contributed by atoms with van der Waals surface area (Å²) in [6.45, 7) is 1.64. The molecular formula is C14H20N2O2. The summed E-state index contributed by atoms with van der Waals surface area (Å²) >= 11 is 0. The van der Waals surface area contributed by atoms with Crippen molar-refractivity contribution in [2.24, 2.45) is 0 Å². The van der Waals surface area contributed by atoms with E-state index in [9.17, 15) is 4.79 Å². The number of carbonyl (C=O) groups is 1. The number of aliphatic hydroxyl groups is 1. The van der Waals surface area contributed by atoms with Gasteiger partial charge in [-0.2, -0.15) is 0 Å². The number of rotatable bonds is 4. The Labute approximate surface area is 107 Å². The molecule has 1 aromatic carbocycles. The smallest absolute Gasteiger partial charge is 0.221 e. The molecule has 1 aliphatic rings. The zero-order chi connectivity index (χ0) is 12.8. The van der Waals surface area contributed by atoms with Gasteiger partial charge in [-0.15, -0.1) is 0 Å². The van der Waals surface area contributed by atoms with Crippen LogP contribution >= 0.6 is 0 Å². The molecule has 18 heavy (non-hydrogen) atoms. The first kappa shape index (κ1) is 13.1. The summed E-state index contributed by atoms with van der Waals surface area (Å²) in [5.74, 6) is 0.139. The molecule has 0 spiro atoms. The fraction of sp³-hybridized carbons (Fsp3) is 0.500. The van der Waals surface area contributed by atoms with Crippen molar-refractivity contribution in [3.05, 3.63) is 35.4 Å². The van der Waals surface area contributed by atoms with Gasteiger partial charge in [0.15, 0.2) is 0 Å². The van der Waals surface area contributed by atoms with E-state index in [1.165, 1.54) is 5.56 Å². The third kappa shape index (κ3) is 3.82.